The molecule has 2 unspecified atom stereocenters. The largest absolute Gasteiger partial charge is 0.332 e. The lowest BCUT2D eigenvalue weighted by atomic mass is 9.94. The Morgan fingerprint density at radius 1 is 0.917 bits per heavy atom. The zero-order valence-corrected chi connectivity index (χ0v) is 21.6. The number of aromatic nitrogens is 2. The Bertz CT molecular complexity index is 1380. The van der Waals surface area contributed by atoms with E-state index in [4.69, 9.17) is 4.98 Å². The minimum absolute atomic E-state index is 0.0633. The highest BCUT2D eigenvalue weighted by Gasteiger charge is 2.31. The van der Waals surface area contributed by atoms with Crippen LogP contribution in [0.3, 0.4) is 0 Å². The third-order valence-electron chi connectivity index (χ3n) is 6.90. The van der Waals surface area contributed by atoms with Gasteiger partial charge in [0.2, 0.25) is 5.91 Å². The zero-order chi connectivity index (χ0) is 25.7. The molecule has 186 valence electrons. The highest BCUT2D eigenvalue weighted by atomic mass is 16.2. The van der Waals surface area contributed by atoms with Crippen molar-refractivity contribution >= 4 is 16.8 Å². The first-order chi connectivity index (χ1) is 17.5. The molecule has 0 bridgehead atoms. The lowest BCUT2D eigenvalue weighted by Crippen LogP contribution is -2.40. The molecule has 2 atom stereocenters. The maximum absolute atomic E-state index is 14.0. The highest BCUT2D eigenvalue weighted by Crippen LogP contribution is 2.29. The van der Waals surface area contributed by atoms with Gasteiger partial charge in [-0.1, -0.05) is 75.4 Å². The molecule has 0 N–H and O–H groups in total. The fourth-order valence-corrected chi connectivity index (χ4v) is 4.87. The summed E-state index contributed by atoms with van der Waals surface area (Å²) >= 11 is 0. The van der Waals surface area contributed by atoms with Gasteiger partial charge in [-0.3, -0.25) is 14.2 Å². The van der Waals surface area contributed by atoms with Crippen LogP contribution >= 0.6 is 0 Å². The number of hydrogen-bond acceptors (Lipinski definition) is 3. The van der Waals surface area contributed by atoms with Crippen molar-refractivity contribution in [1.82, 2.24) is 14.5 Å². The number of carbonyl (C=O) groups is 1. The van der Waals surface area contributed by atoms with Gasteiger partial charge in [-0.05, 0) is 61.6 Å². The number of nitrogens with zero attached hydrogens (tertiary/aromatic N) is 3. The van der Waals surface area contributed by atoms with Crippen LogP contribution in [0.4, 0.5) is 0 Å². The molecule has 0 aliphatic rings. The number of hydrogen-bond donors (Lipinski definition) is 0. The van der Waals surface area contributed by atoms with Crippen LogP contribution in [-0.4, -0.2) is 26.9 Å². The van der Waals surface area contributed by atoms with Crippen molar-refractivity contribution in [2.45, 2.75) is 58.9 Å². The van der Waals surface area contributed by atoms with Crippen molar-refractivity contribution in [1.29, 1.82) is 0 Å². The molecule has 0 radical (unpaired) electrons. The molecule has 0 fully saturated rings. The van der Waals surface area contributed by atoms with Crippen LogP contribution in [0, 0.1) is 0 Å². The highest BCUT2D eigenvalue weighted by molar-refractivity contribution is 5.84. The van der Waals surface area contributed by atoms with Gasteiger partial charge in [0.15, 0.2) is 0 Å². The molecule has 0 aliphatic heterocycles. The van der Waals surface area contributed by atoms with E-state index in [1.54, 1.807) is 4.57 Å². The molecule has 36 heavy (non-hydrogen) atoms. The van der Waals surface area contributed by atoms with Crippen molar-refractivity contribution in [3.05, 3.63) is 106 Å². The Labute approximate surface area is 213 Å². The molecule has 1 aromatic heterocycles. The molecule has 5 nitrogen and oxygen atoms in total. The second-order valence-electron chi connectivity index (χ2n) is 9.23. The maximum Gasteiger partial charge on any atom is 0.266 e. The molecular formula is C31H35N3O2. The number of benzene rings is 3. The number of fused-ring (bicyclic) bond motifs is 1. The molecule has 3 aromatic carbocycles. The van der Waals surface area contributed by atoms with E-state index in [1.165, 1.54) is 5.56 Å². The molecular weight excluding hydrogens is 446 g/mol. The smallest absolute Gasteiger partial charge is 0.266 e. The summed E-state index contributed by atoms with van der Waals surface area (Å²) in [7, 11) is 0. The average molecular weight is 482 g/mol. The van der Waals surface area contributed by atoms with Crippen molar-refractivity contribution in [3.8, 4) is 5.69 Å². The Hall–Kier alpha value is -3.73. The summed E-state index contributed by atoms with van der Waals surface area (Å²) in [6.45, 7) is 8.79. The fourth-order valence-electron chi connectivity index (χ4n) is 4.87. The Balaban J connectivity index is 1.86. The van der Waals surface area contributed by atoms with Gasteiger partial charge in [0.1, 0.15) is 5.82 Å². The minimum Gasteiger partial charge on any atom is -0.332 e. The summed E-state index contributed by atoms with van der Waals surface area (Å²) in [6, 6.07) is 25.0. The first-order valence-corrected chi connectivity index (χ1v) is 13.0. The number of para-hydroxylation sites is 1. The number of carbonyl (C=O) groups excluding carboxylic acids is 1. The van der Waals surface area contributed by atoms with Gasteiger partial charge >= 0.3 is 0 Å². The Kier molecular flexibility index (Phi) is 7.99. The van der Waals surface area contributed by atoms with Crippen molar-refractivity contribution < 1.29 is 4.79 Å². The number of rotatable bonds is 9. The minimum atomic E-state index is -0.390. The summed E-state index contributed by atoms with van der Waals surface area (Å²) < 4.78 is 1.69. The second-order valence-corrected chi connectivity index (χ2v) is 9.23. The van der Waals surface area contributed by atoms with E-state index < -0.39 is 6.04 Å². The molecule has 4 rings (SSSR count). The van der Waals surface area contributed by atoms with Crippen LogP contribution in [-0.2, 0) is 11.2 Å². The van der Waals surface area contributed by atoms with Gasteiger partial charge in [0.25, 0.3) is 5.56 Å². The molecule has 4 aromatic rings. The molecule has 0 saturated carbocycles. The standard InChI is InChI=1S/C31H35N3O2/c1-5-21-33(30(35)26(7-3)24-13-9-8-10-14-24)22(4)29-32-28-16-12-11-15-27(28)31(36)34(29)25-19-17-23(6-2)18-20-25/h8-20,22,26H,5-7,21H2,1-4H3. The summed E-state index contributed by atoms with van der Waals surface area (Å²) in [5.41, 5.74) is 3.50. The quantitative estimate of drug-likeness (QED) is 0.276. The first kappa shape index (κ1) is 25.4. The lowest BCUT2D eigenvalue weighted by molar-refractivity contribution is -0.135. The fraction of sp³-hybridized carbons (Fsp3) is 0.323. The van der Waals surface area contributed by atoms with E-state index >= 15 is 0 Å². The van der Waals surface area contributed by atoms with Gasteiger partial charge in [-0.15, -0.1) is 0 Å². The van der Waals surface area contributed by atoms with Gasteiger partial charge in [0, 0.05) is 6.54 Å². The van der Waals surface area contributed by atoms with Crippen LogP contribution in [0.15, 0.2) is 83.7 Å². The third kappa shape index (κ3) is 4.97. The molecule has 0 saturated heterocycles. The summed E-state index contributed by atoms with van der Waals surface area (Å²) in [4.78, 5) is 34.6. The topological polar surface area (TPSA) is 55.2 Å². The Morgan fingerprint density at radius 2 is 1.58 bits per heavy atom. The SMILES string of the molecule is CCCN(C(=O)C(CC)c1ccccc1)C(C)c1nc2ccccc2c(=O)n1-c1ccc(CC)cc1. The Morgan fingerprint density at radius 3 is 2.22 bits per heavy atom. The van der Waals surface area contributed by atoms with E-state index in [1.807, 2.05) is 97.6 Å². The number of aryl methyl sites for hydroxylation is 1. The molecule has 1 heterocycles. The maximum atomic E-state index is 14.0. The summed E-state index contributed by atoms with van der Waals surface area (Å²) in [6.07, 6.45) is 2.43. The normalized spacial score (nSPS) is 12.9. The predicted molar refractivity (Wildman–Crippen MR) is 147 cm³/mol. The molecule has 5 heteroatoms. The summed E-state index contributed by atoms with van der Waals surface area (Å²) in [5, 5.41) is 0.567. The van der Waals surface area contributed by atoms with E-state index in [0.29, 0.717) is 29.7 Å². The van der Waals surface area contributed by atoms with Crippen LogP contribution in [0.25, 0.3) is 16.6 Å². The molecule has 0 aliphatic carbocycles. The van der Waals surface area contributed by atoms with E-state index in [0.717, 1.165) is 24.1 Å². The van der Waals surface area contributed by atoms with Crippen molar-refractivity contribution in [2.24, 2.45) is 0 Å². The van der Waals surface area contributed by atoms with E-state index in [9.17, 15) is 9.59 Å². The van der Waals surface area contributed by atoms with Gasteiger partial charge in [-0.25, -0.2) is 4.98 Å². The van der Waals surface area contributed by atoms with E-state index in [-0.39, 0.29) is 17.4 Å². The number of amides is 1. The van der Waals surface area contributed by atoms with Crippen LogP contribution in [0.5, 0.6) is 0 Å². The average Bonchev–Trinajstić information content (AvgIpc) is 2.92. The monoisotopic (exact) mass is 481 g/mol. The third-order valence-corrected chi connectivity index (χ3v) is 6.90. The van der Waals surface area contributed by atoms with Crippen LogP contribution in [0.2, 0.25) is 0 Å². The second kappa shape index (κ2) is 11.3. The zero-order valence-electron chi connectivity index (χ0n) is 21.6. The molecule has 1 amide bonds. The van der Waals surface area contributed by atoms with Crippen molar-refractivity contribution in [2.75, 3.05) is 6.54 Å². The van der Waals surface area contributed by atoms with Gasteiger partial charge in [-0.2, -0.15) is 0 Å². The van der Waals surface area contributed by atoms with E-state index in [2.05, 4.69) is 13.8 Å². The first-order valence-electron chi connectivity index (χ1n) is 13.0. The van der Waals surface area contributed by atoms with Crippen molar-refractivity contribution in [3.63, 3.8) is 0 Å². The van der Waals surface area contributed by atoms with Crippen LogP contribution in [0.1, 0.15) is 69.4 Å². The predicted octanol–water partition coefficient (Wildman–Crippen LogP) is 6.44. The van der Waals surface area contributed by atoms with Gasteiger partial charge < -0.3 is 4.90 Å². The lowest BCUT2D eigenvalue weighted by Gasteiger charge is -2.33. The van der Waals surface area contributed by atoms with Crippen LogP contribution < -0.4 is 5.56 Å². The van der Waals surface area contributed by atoms with Gasteiger partial charge in [0.05, 0.1) is 28.6 Å². The summed E-state index contributed by atoms with van der Waals surface area (Å²) in [5.74, 6) is 0.394. The molecule has 0 spiro atoms.